The number of aromatic carboxylic acids is 1. The Hall–Kier alpha value is -4.78. The number of amides is 1. The predicted octanol–water partition coefficient (Wildman–Crippen LogP) is 6.36. The number of rotatable bonds is 8. The first kappa shape index (κ1) is 24.9. The molecule has 0 bridgehead atoms. The molecule has 0 saturated carbocycles. The molecule has 0 radical (unpaired) electrons. The summed E-state index contributed by atoms with van der Waals surface area (Å²) in [7, 11) is 3.12. The molecule has 0 unspecified atom stereocenters. The quantitative estimate of drug-likeness (QED) is 0.298. The lowest BCUT2D eigenvalue weighted by molar-refractivity contribution is 0.0697. The molecule has 1 N–H and O–H groups in total. The van der Waals surface area contributed by atoms with Gasteiger partial charge in [0.1, 0.15) is 18.1 Å². The van der Waals surface area contributed by atoms with Crippen LogP contribution in [0.1, 0.15) is 33.0 Å². The summed E-state index contributed by atoms with van der Waals surface area (Å²) in [6, 6.07) is 27.8. The van der Waals surface area contributed by atoms with Crippen LogP contribution in [0.25, 0.3) is 11.1 Å². The van der Waals surface area contributed by atoms with Crippen LogP contribution < -0.4 is 14.4 Å². The highest BCUT2D eigenvalue weighted by Gasteiger charge is 2.30. The van der Waals surface area contributed by atoms with E-state index in [-0.39, 0.29) is 24.6 Å². The fraction of sp³-hybridized carbons (Fsp3) is 0.161. The van der Waals surface area contributed by atoms with E-state index in [1.807, 2.05) is 30.3 Å². The number of methoxy groups -OCH3 is 2. The van der Waals surface area contributed by atoms with Crippen LogP contribution in [0.2, 0.25) is 0 Å². The number of hydrogen-bond acceptors (Lipinski definition) is 5. The van der Waals surface area contributed by atoms with E-state index in [1.54, 1.807) is 38.5 Å². The van der Waals surface area contributed by atoms with Gasteiger partial charge in [-0.3, -0.25) is 4.90 Å². The number of carboxylic acids is 1. The van der Waals surface area contributed by atoms with Crippen LogP contribution in [-0.2, 0) is 11.3 Å². The number of ether oxygens (including phenoxy) is 3. The maximum absolute atomic E-state index is 13.6. The molecule has 4 aromatic rings. The van der Waals surface area contributed by atoms with E-state index in [9.17, 15) is 14.7 Å². The molecule has 0 atom stereocenters. The fourth-order valence-electron chi connectivity index (χ4n) is 4.87. The van der Waals surface area contributed by atoms with Crippen LogP contribution in [0.3, 0.4) is 0 Å². The molecule has 0 heterocycles. The highest BCUT2D eigenvalue weighted by Crippen LogP contribution is 2.44. The van der Waals surface area contributed by atoms with E-state index in [4.69, 9.17) is 14.2 Å². The zero-order valence-electron chi connectivity index (χ0n) is 21.1. The molecule has 0 saturated heterocycles. The summed E-state index contributed by atoms with van der Waals surface area (Å²) in [5, 5.41) is 9.31. The van der Waals surface area contributed by atoms with Gasteiger partial charge in [-0.2, -0.15) is 0 Å². The van der Waals surface area contributed by atoms with Crippen molar-refractivity contribution in [1.82, 2.24) is 0 Å². The number of carbonyl (C=O) groups excluding carboxylic acids is 1. The average molecular weight is 510 g/mol. The molecule has 0 aliphatic heterocycles. The Bertz CT molecular complexity index is 1430. The highest BCUT2D eigenvalue weighted by atomic mass is 16.6. The van der Waals surface area contributed by atoms with Gasteiger partial charge >= 0.3 is 12.1 Å². The Morgan fingerprint density at radius 2 is 1.45 bits per heavy atom. The van der Waals surface area contributed by atoms with Crippen molar-refractivity contribution in [3.05, 3.63) is 113 Å². The first-order chi connectivity index (χ1) is 18.5. The van der Waals surface area contributed by atoms with Crippen LogP contribution in [0.15, 0.2) is 91.0 Å². The number of fused-ring (bicyclic) bond motifs is 3. The summed E-state index contributed by atoms with van der Waals surface area (Å²) in [4.78, 5) is 26.4. The smallest absolute Gasteiger partial charge is 0.414 e. The summed E-state index contributed by atoms with van der Waals surface area (Å²) < 4.78 is 16.8. The van der Waals surface area contributed by atoms with Crippen molar-refractivity contribution in [3.63, 3.8) is 0 Å². The van der Waals surface area contributed by atoms with Gasteiger partial charge in [0, 0.05) is 23.2 Å². The van der Waals surface area contributed by atoms with Crippen LogP contribution in [0.5, 0.6) is 11.5 Å². The first-order valence-corrected chi connectivity index (χ1v) is 12.2. The lowest BCUT2D eigenvalue weighted by atomic mass is 9.98. The minimum atomic E-state index is -1.04. The molecule has 0 spiro atoms. The van der Waals surface area contributed by atoms with Gasteiger partial charge < -0.3 is 19.3 Å². The second kappa shape index (κ2) is 10.7. The summed E-state index contributed by atoms with van der Waals surface area (Å²) in [5.41, 5.74) is 5.91. The summed E-state index contributed by atoms with van der Waals surface area (Å²) in [5.74, 6) is 0.0613. The Labute approximate surface area is 220 Å². The van der Waals surface area contributed by atoms with Crippen LogP contribution >= 0.6 is 0 Å². The zero-order valence-corrected chi connectivity index (χ0v) is 21.1. The molecule has 1 aliphatic rings. The zero-order chi connectivity index (χ0) is 26.6. The van der Waals surface area contributed by atoms with Gasteiger partial charge in [0.15, 0.2) is 0 Å². The Morgan fingerprint density at radius 3 is 2.03 bits per heavy atom. The van der Waals surface area contributed by atoms with Crippen molar-refractivity contribution in [2.75, 3.05) is 25.7 Å². The van der Waals surface area contributed by atoms with Crippen LogP contribution in [0, 0.1) is 0 Å². The Morgan fingerprint density at radius 1 is 0.816 bits per heavy atom. The van der Waals surface area contributed by atoms with E-state index in [2.05, 4.69) is 24.3 Å². The van der Waals surface area contributed by atoms with E-state index >= 15 is 0 Å². The fourth-order valence-corrected chi connectivity index (χ4v) is 4.87. The van der Waals surface area contributed by atoms with Crippen molar-refractivity contribution >= 4 is 17.7 Å². The van der Waals surface area contributed by atoms with E-state index in [0.29, 0.717) is 17.2 Å². The average Bonchev–Trinajstić information content (AvgIpc) is 3.28. The molecule has 0 fully saturated rings. The topological polar surface area (TPSA) is 85.3 Å². The van der Waals surface area contributed by atoms with Gasteiger partial charge in [-0.15, -0.1) is 0 Å². The molecule has 1 amide bonds. The van der Waals surface area contributed by atoms with Crippen molar-refractivity contribution in [2.24, 2.45) is 0 Å². The first-order valence-electron chi connectivity index (χ1n) is 12.2. The van der Waals surface area contributed by atoms with E-state index < -0.39 is 12.1 Å². The molecular formula is C31H27NO6. The van der Waals surface area contributed by atoms with Gasteiger partial charge in [0.05, 0.1) is 26.3 Å². The van der Waals surface area contributed by atoms with Crippen molar-refractivity contribution in [1.29, 1.82) is 0 Å². The summed E-state index contributed by atoms with van der Waals surface area (Å²) >= 11 is 0. The minimum absolute atomic E-state index is 0.0851. The second-order valence-electron chi connectivity index (χ2n) is 8.92. The summed E-state index contributed by atoms with van der Waals surface area (Å²) in [6.07, 6.45) is -0.548. The minimum Gasteiger partial charge on any atom is -0.497 e. The van der Waals surface area contributed by atoms with Gasteiger partial charge in [-0.25, -0.2) is 9.59 Å². The normalized spacial score (nSPS) is 11.8. The molecule has 7 heteroatoms. The third-order valence-corrected chi connectivity index (χ3v) is 6.81. The lowest BCUT2D eigenvalue weighted by Gasteiger charge is -2.25. The molecule has 4 aromatic carbocycles. The highest BCUT2D eigenvalue weighted by molar-refractivity contribution is 5.91. The third kappa shape index (κ3) is 4.78. The molecule has 192 valence electrons. The molecule has 5 rings (SSSR count). The van der Waals surface area contributed by atoms with Crippen LogP contribution in [-0.4, -0.2) is 38.0 Å². The number of carbonyl (C=O) groups is 2. The van der Waals surface area contributed by atoms with Gasteiger partial charge in [-0.05, 0) is 58.7 Å². The largest absolute Gasteiger partial charge is 0.497 e. The van der Waals surface area contributed by atoms with Crippen molar-refractivity contribution in [3.8, 4) is 22.6 Å². The SMILES string of the molecule is COc1ccc(CN(C(=O)OCC2c3ccccc3-c3ccccc32)c2ccc(C(=O)O)cc2)c(OC)c1. The monoisotopic (exact) mass is 509 g/mol. The van der Waals surface area contributed by atoms with E-state index in [1.165, 1.54) is 17.0 Å². The molecule has 38 heavy (non-hydrogen) atoms. The Balaban J connectivity index is 1.43. The van der Waals surface area contributed by atoms with Crippen LogP contribution in [0.4, 0.5) is 10.5 Å². The number of anilines is 1. The van der Waals surface area contributed by atoms with Gasteiger partial charge in [-0.1, -0.05) is 48.5 Å². The van der Waals surface area contributed by atoms with Gasteiger partial charge in [0.2, 0.25) is 0 Å². The predicted molar refractivity (Wildman–Crippen MR) is 144 cm³/mol. The molecule has 0 aromatic heterocycles. The summed E-state index contributed by atoms with van der Waals surface area (Å²) in [6.45, 7) is 0.312. The molecule has 7 nitrogen and oxygen atoms in total. The number of benzene rings is 4. The Kier molecular flexibility index (Phi) is 7.00. The lowest BCUT2D eigenvalue weighted by Crippen LogP contribution is -2.32. The van der Waals surface area contributed by atoms with Crippen molar-refractivity contribution in [2.45, 2.75) is 12.5 Å². The number of hydrogen-bond donors (Lipinski definition) is 1. The van der Waals surface area contributed by atoms with Crippen molar-refractivity contribution < 1.29 is 28.9 Å². The standard InChI is InChI=1S/C31H27NO6/c1-36-23-16-13-21(29(17-23)37-2)18-32(22-14-11-20(12-15-22)30(33)34)31(35)38-19-28-26-9-5-3-7-24(26)25-8-4-6-10-27(25)28/h3-17,28H,18-19H2,1-2H3,(H,33,34). The third-order valence-electron chi connectivity index (χ3n) is 6.81. The molecule has 1 aliphatic carbocycles. The molecular weight excluding hydrogens is 482 g/mol. The number of carboxylic acid groups (broad SMARTS) is 1. The second-order valence-corrected chi connectivity index (χ2v) is 8.92. The van der Waals surface area contributed by atoms with E-state index in [0.717, 1.165) is 27.8 Å². The number of nitrogens with zero attached hydrogens (tertiary/aromatic N) is 1. The maximum Gasteiger partial charge on any atom is 0.414 e. The van der Waals surface area contributed by atoms with Gasteiger partial charge in [0.25, 0.3) is 0 Å². The maximum atomic E-state index is 13.6.